The first-order valence-corrected chi connectivity index (χ1v) is 8.45. The molecular weight excluding hydrogens is 279 g/mol. The van der Waals surface area contributed by atoms with Crippen molar-refractivity contribution in [1.82, 2.24) is 4.72 Å². The van der Waals surface area contributed by atoms with Crippen LogP contribution in [-0.4, -0.2) is 21.5 Å². The van der Waals surface area contributed by atoms with E-state index in [1.807, 2.05) is 0 Å². The van der Waals surface area contributed by atoms with Crippen molar-refractivity contribution in [2.75, 3.05) is 13.1 Å². The van der Waals surface area contributed by atoms with Gasteiger partial charge in [-0.25, -0.2) is 17.5 Å². The SMILES string of the molecule is NC[C@H]1CC[C@H](CNS(=O)(=O)c2ccc(F)cc2)CC1. The molecule has 112 valence electrons. The van der Waals surface area contributed by atoms with E-state index in [2.05, 4.69) is 4.72 Å². The van der Waals surface area contributed by atoms with Crippen molar-refractivity contribution in [2.45, 2.75) is 30.6 Å². The topological polar surface area (TPSA) is 72.2 Å². The molecular formula is C14H21FN2O2S. The van der Waals surface area contributed by atoms with Gasteiger partial charge < -0.3 is 5.73 Å². The van der Waals surface area contributed by atoms with Gasteiger partial charge in [0.1, 0.15) is 5.82 Å². The maximum Gasteiger partial charge on any atom is 0.240 e. The first-order valence-electron chi connectivity index (χ1n) is 6.96. The van der Waals surface area contributed by atoms with Crippen LogP contribution in [0.5, 0.6) is 0 Å². The van der Waals surface area contributed by atoms with Gasteiger partial charge in [0, 0.05) is 6.54 Å². The van der Waals surface area contributed by atoms with E-state index in [-0.39, 0.29) is 4.90 Å². The van der Waals surface area contributed by atoms with Crippen LogP contribution in [0.1, 0.15) is 25.7 Å². The lowest BCUT2D eigenvalue weighted by atomic mass is 9.82. The molecule has 0 heterocycles. The Morgan fingerprint density at radius 3 is 2.20 bits per heavy atom. The number of nitrogens with two attached hydrogens (primary N) is 1. The fourth-order valence-electron chi connectivity index (χ4n) is 2.60. The molecule has 1 aromatic carbocycles. The molecule has 1 saturated carbocycles. The Morgan fingerprint density at radius 1 is 1.10 bits per heavy atom. The molecule has 3 N–H and O–H groups in total. The summed E-state index contributed by atoms with van der Waals surface area (Å²) in [4.78, 5) is 0.106. The minimum atomic E-state index is -3.54. The van der Waals surface area contributed by atoms with Gasteiger partial charge in [-0.1, -0.05) is 0 Å². The zero-order chi connectivity index (χ0) is 14.6. The third kappa shape index (κ3) is 4.01. The van der Waals surface area contributed by atoms with E-state index >= 15 is 0 Å². The predicted octanol–water partition coefficient (Wildman–Crippen LogP) is 1.87. The number of benzene rings is 1. The predicted molar refractivity (Wildman–Crippen MR) is 76.1 cm³/mol. The Hall–Kier alpha value is -0.980. The Balaban J connectivity index is 1.88. The number of rotatable bonds is 5. The van der Waals surface area contributed by atoms with Crippen LogP contribution in [-0.2, 0) is 10.0 Å². The second kappa shape index (κ2) is 6.65. The van der Waals surface area contributed by atoms with Gasteiger partial charge >= 0.3 is 0 Å². The highest BCUT2D eigenvalue weighted by Crippen LogP contribution is 2.27. The van der Waals surface area contributed by atoms with Crippen LogP contribution < -0.4 is 10.5 Å². The highest BCUT2D eigenvalue weighted by molar-refractivity contribution is 7.89. The molecule has 0 bridgehead atoms. The molecule has 6 heteroatoms. The van der Waals surface area contributed by atoms with Gasteiger partial charge in [0.15, 0.2) is 0 Å². The summed E-state index contributed by atoms with van der Waals surface area (Å²) in [6.07, 6.45) is 4.15. The molecule has 0 spiro atoms. The van der Waals surface area contributed by atoms with Gasteiger partial charge in [0.2, 0.25) is 10.0 Å². The molecule has 0 amide bonds. The summed E-state index contributed by atoms with van der Waals surface area (Å²) in [6, 6.07) is 4.87. The Labute approximate surface area is 119 Å². The van der Waals surface area contributed by atoms with Crippen molar-refractivity contribution in [3.63, 3.8) is 0 Å². The molecule has 0 aliphatic heterocycles. The van der Waals surface area contributed by atoms with Crippen molar-refractivity contribution in [3.05, 3.63) is 30.1 Å². The van der Waals surface area contributed by atoms with E-state index < -0.39 is 15.8 Å². The zero-order valence-corrected chi connectivity index (χ0v) is 12.2. The molecule has 2 rings (SSSR count). The molecule has 0 aromatic heterocycles. The van der Waals surface area contributed by atoms with Crippen molar-refractivity contribution in [1.29, 1.82) is 0 Å². The Kier molecular flexibility index (Phi) is 5.12. The molecule has 0 saturated heterocycles. The van der Waals surface area contributed by atoms with Crippen molar-refractivity contribution < 1.29 is 12.8 Å². The second-order valence-corrected chi connectivity index (χ2v) is 7.20. The van der Waals surface area contributed by atoms with Gasteiger partial charge in [0.05, 0.1) is 4.90 Å². The van der Waals surface area contributed by atoms with E-state index in [0.29, 0.717) is 24.9 Å². The number of hydrogen-bond donors (Lipinski definition) is 2. The van der Waals surface area contributed by atoms with Crippen molar-refractivity contribution in [3.8, 4) is 0 Å². The van der Waals surface area contributed by atoms with Crippen LogP contribution in [0.25, 0.3) is 0 Å². The summed E-state index contributed by atoms with van der Waals surface area (Å²) in [5.41, 5.74) is 5.64. The quantitative estimate of drug-likeness (QED) is 0.872. The van der Waals surface area contributed by atoms with Gasteiger partial charge in [-0.3, -0.25) is 0 Å². The molecule has 0 unspecified atom stereocenters. The number of hydrogen-bond acceptors (Lipinski definition) is 3. The van der Waals surface area contributed by atoms with Crippen molar-refractivity contribution >= 4 is 10.0 Å². The highest BCUT2D eigenvalue weighted by Gasteiger charge is 2.22. The standard InChI is InChI=1S/C14H21FN2O2S/c15-13-5-7-14(8-6-13)20(18,19)17-10-12-3-1-11(9-16)2-4-12/h5-8,11-12,17H,1-4,9-10,16H2/t11-,12-. The molecule has 1 fully saturated rings. The fourth-order valence-corrected chi connectivity index (χ4v) is 3.71. The smallest absolute Gasteiger partial charge is 0.240 e. The summed E-state index contributed by atoms with van der Waals surface area (Å²) >= 11 is 0. The van der Waals surface area contributed by atoms with Crippen LogP contribution in [0.2, 0.25) is 0 Å². The maximum atomic E-state index is 12.8. The minimum Gasteiger partial charge on any atom is -0.330 e. The van der Waals surface area contributed by atoms with Gasteiger partial charge in [-0.2, -0.15) is 0 Å². The monoisotopic (exact) mass is 300 g/mol. The number of halogens is 1. The van der Waals surface area contributed by atoms with Gasteiger partial charge in [0.25, 0.3) is 0 Å². The normalized spacial score (nSPS) is 23.7. The molecule has 1 aromatic rings. The molecule has 20 heavy (non-hydrogen) atoms. The second-order valence-electron chi connectivity index (χ2n) is 5.43. The molecule has 4 nitrogen and oxygen atoms in total. The summed E-state index contributed by atoms with van der Waals surface area (Å²) in [5.74, 6) is 0.511. The summed E-state index contributed by atoms with van der Waals surface area (Å²) < 4.78 is 39.5. The van der Waals surface area contributed by atoms with E-state index in [1.165, 1.54) is 12.1 Å². The highest BCUT2D eigenvalue weighted by atomic mass is 32.2. The minimum absolute atomic E-state index is 0.106. The summed E-state index contributed by atoms with van der Waals surface area (Å²) in [7, 11) is -3.54. The first kappa shape index (κ1) is 15.4. The van der Waals surface area contributed by atoms with Crippen molar-refractivity contribution in [2.24, 2.45) is 17.6 Å². The maximum absolute atomic E-state index is 12.8. The van der Waals surface area contributed by atoms with E-state index in [1.54, 1.807) is 0 Å². The van der Waals surface area contributed by atoms with Crippen LogP contribution in [0.4, 0.5) is 4.39 Å². The van der Waals surface area contributed by atoms with E-state index in [4.69, 9.17) is 5.73 Å². The summed E-state index contributed by atoms with van der Waals surface area (Å²) in [6.45, 7) is 1.16. The Bertz CT molecular complexity index is 523. The third-order valence-corrected chi connectivity index (χ3v) is 5.43. The first-order chi connectivity index (χ1) is 9.51. The Morgan fingerprint density at radius 2 is 1.65 bits per heavy atom. The number of sulfonamides is 1. The zero-order valence-electron chi connectivity index (χ0n) is 11.4. The largest absolute Gasteiger partial charge is 0.330 e. The van der Waals surface area contributed by atoms with Crippen LogP contribution in [0, 0.1) is 17.7 Å². The van der Waals surface area contributed by atoms with Crippen LogP contribution in [0.3, 0.4) is 0 Å². The number of nitrogens with one attached hydrogen (secondary N) is 1. The van der Waals surface area contributed by atoms with E-state index in [0.717, 1.165) is 37.8 Å². The average Bonchev–Trinajstić information content (AvgIpc) is 2.46. The molecule has 0 radical (unpaired) electrons. The molecule has 0 atom stereocenters. The molecule has 1 aliphatic carbocycles. The third-order valence-electron chi connectivity index (χ3n) is 3.99. The molecule has 1 aliphatic rings. The summed E-state index contributed by atoms with van der Waals surface area (Å²) in [5, 5.41) is 0. The van der Waals surface area contributed by atoms with Gasteiger partial charge in [-0.15, -0.1) is 0 Å². The van der Waals surface area contributed by atoms with Gasteiger partial charge in [-0.05, 0) is 68.3 Å². The van der Waals surface area contributed by atoms with E-state index in [9.17, 15) is 12.8 Å². The lowest BCUT2D eigenvalue weighted by molar-refractivity contribution is 0.280. The average molecular weight is 300 g/mol. The van der Waals surface area contributed by atoms with Crippen LogP contribution in [0.15, 0.2) is 29.2 Å². The lowest BCUT2D eigenvalue weighted by Crippen LogP contribution is -2.32. The fraction of sp³-hybridized carbons (Fsp3) is 0.571. The van der Waals surface area contributed by atoms with Crippen LogP contribution >= 0.6 is 0 Å². The lowest BCUT2D eigenvalue weighted by Gasteiger charge is -2.27.